The van der Waals surface area contributed by atoms with Crippen molar-refractivity contribution in [3.05, 3.63) is 152 Å². The molecular formula is C34H25BN2. The smallest absolute Gasteiger partial charge is 0.360 e. The van der Waals surface area contributed by atoms with Crippen LogP contribution in [0.15, 0.2) is 152 Å². The van der Waals surface area contributed by atoms with Crippen LogP contribution in [0.2, 0.25) is 0 Å². The maximum atomic E-state index is 2.50. The molecule has 0 aromatic heterocycles. The van der Waals surface area contributed by atoms with Crippen molar-refractivity contribution in [1.29, 1.82) is 0 Å². The Labute approximate surface area is 218 Å². The quantitative estimate of drug-likeness (QED) is 0.239. The molecule has 0 bridgehead atoms. The van der Waals surface area contributed by atoms with Crippen LogP contribution in [0.4, 0.5) is 22.7 Å². The summed E-state index contributed by atoms with van der Waals surface area (Å²) in [6.07, 6.45) is 0. The van der Waals surface area contributed by atoms with Crippen molar-refractivity contribution in [2.75, 3.05) is 9.62 Å². The van der Waals surface area contributed by atoms with Crippen LogP contribution in [0.25, 0.3) is 21.9 Å². The second kappa shape index (κ2) is 9.03. The number of para-hydroxylation sites is 3. The van der Waals surface area contributed by atoms with Crippen molar-refractivity contribution in [3.63, 3.8) is 0 Å². The monoisotopic (exact) mass is 472 g/mol. The Morgan fingerprint density at radius 2 is 1.03 bits per heavy atom. The molecule has 1 aliphatic rings. The number of hydrogen-bond donors (Lipinski definition) is 0. The molecule has 0 fully saturated rings. The van der Waals surface area contributed by atoms with Crippen molar-refractivity contribution in [2.45, 2.75) is 0 Å². The lowest BCUT2D eigenvalue weighted by Gasteiger charge is -2.30. The van der Waals surface area contributed by atoms with Gasteiger partial charge in [-0.3, -0.25) is 0 Å². The van der Waals surface area contributed by atoms with Gasteiger partial charge in [-0.25, -0.2) is 0 Å². The Hall–Kier alpha value is -4.76. The van der Waals surface area contributed by atoms with E-state index in [2.05, 4.69) is 161 Å². The molecule has 0 aliphatic carbocycles. The van der Waals surface area contributed by atoms with Gasteiger partial charge in [0.05, 0.1) is 11.4 Å². The van der Waals surface area contributed by atoms with E-state index in [-0.39, 0.29) is 6.98 Å². The standard InChI is InChI=1S/C34H25BN2/c1-4-15-29(16-5-1)35-36(30-17-6-2-7-18-30)33-22-12-21-32(34(33)37(35)31-19-8-3-9-20-31)28-24-23-26-13-10-11-14-27(26)25-28/h1-25H. The first-order valence-corrected chi connectivity index (χ1v) is 12.7. The molecule has 0 radical (unpaired) electrons. The van der Waals surface area contributed by atoms with Crippen LogP contribution in [0.3, 0.4) is 0 Å². The maximum Gasteiger partial charge on any atom is 0.420 e. The number of rotatable bonds is 4. The molecule has 2 nitrogen and oxygen atoms in total. The van der Waals surface area contributed by atoms with Gasteiger partial charge in [-0.2, -0.15) is 0 Å². The second-order valence-corrected chi connectivity index (χ2v) is 9.43. The van der Waals surface area contributed by atoms with Crippen LogP contribution in [0, 0.1) is 0 Å². The predicted molar refractivity (Wildman–Crippen MR) is 158 cm³/mol. The lowest BCUT2D eigenvalue weighted by Crippen LogP contribution is -2.53. The fraction of sp³-hybridized carbons (Fsp3) is 0. The summed E-state index contributed by atoms with van der Waals surface area (Å²) in [5, 5.41) is 2.51. The van der Waals surface area contributed by atoms with Gasteiger partial charge < -0.3 is 9.62 Å². The minimum atomic E-state index is -0.0254. The third kappa shape index (κ3) is 3.68. The van der Waals surface area contributed by atoms with Gasteiger partial charge in [-0.15, -0.1) is 0 Å². The van der Waals surface area contributed by atoms with Gasteiger partial charge >= 0.3 is 6.98 Å². The fourth-order valence-electron chi connectivity index (χ4n) is 5.59. The molecule has 0 atom stereocenters. The summed E-state index contributed by atoms with van der Waals surface area (Å²) in [6.45, 7) is -0.0254. The van der Waals surface area contributed by atoms with E-state index in [1.165, 1.54) is 50.1 Å². The molecule has 0 saturated carbocycles. The van der Waals surface area contributed by atoms with Crippen LogP contribution >= 0.6 is 0 Å². The van der Waals surface area contributed by atoms with Crippen molar-refractivity contribution in [1.82, 2.24) is 0 Å². The minimum absolute atomic E-state index is 0.0254. The molecule has 3 heteroatoms. The van der Waals surface area contributed by atoms with Gasteiger partial charge in [0.1, 0.15) is 0 Å². The molecular weight excluding hydrogens is 447 g/mol. The number of benzene rings is 6. The first kappa shape index (κ1) is 21.5. The van der Waals surface area contributed by atoms with E-state index >= 15 is 0 Å². The minimum Gasteiger partial charge on any atom is -0.360 e. The highest BCUT2D eigenvalue weighted by molar-refractivity contribution is 6.84. The number of anilines is 4. The van der Waals surface area contributed by atoms with Crippen molar-refractivity contribution < 1.29 is 0 Å². The molecule has 0 spiro atoms. The van der Waals surface area contributed by atoms with Gasteiger partial charge in [0.15, 0.2) is 0 Å². The number of nitrogens with zero attached hydrogens (tertiary/aromatic N) is 2. The van der Waals surface area contributed by atoms with Crippen molar-refractivity contribution >= 4 is 46.0 Å². The summed E-state index contributed by atoms with van der Waals surface area (Å²) in [5.41, 5.74) is 8.47. The molecule has 6 aromatic rings. The zero-order valence-corrected chi connectivity index (χ0v) is 20.4. The maximum absolute atomic E-state index is 2.50. The molecule has 37 heavy (non-hydrogen) atoms. The summed E-state index contributed by atoms with van der Waals surface area (Å²) in [5.74, 6) is 0. The first-order chi connectivity index (χ1) is 18.4. The summed E-state index contributed by atoms with van der Waals surface area (Å²) in [6, 6.07) is 54.4. The van der Waals surface area contributed by atoms with Crippen molar-refractivity contribution in [2.24, 2.45) is 0 Å². The molecule has 0 unspecified atom stereocenters. The van der Waals surface area contributed by atoms with Crippen molar-refractivity contribution in [3.8, 4) is 11.1 Å². The Balaban J connectivity index is 1.53. The van der Waals surface area contributed by atoms with Crippen LogP contribution in [-0.4, -0.2) is 6.98 Å². The highest BCUT2D eigenvalue weighted by atomic mass is 15.3. The van der Waals surface area contributed by atoms with E-state index in [4.69, 9.17) is 0 Å². The second-order valence-electron chi connectivity index (χ2n) is 9.43. The zero-order valence-electron chi connectivity index (χ0n) is 20.4. The summed E-state index contributed by atoms with van der Waals surface area (Å²) in [7, 11) is 0. The van der Waals surface area contributed by atoms with Crippen LogP contribution in [0.5, 0.6) is 0 Å². The Morgan fingerprint density at radius 3 is 1.73 bits per heavy atom. The van der Waals surface area contributed by atoms with Gasteiger partial charge in [0.2, 0.25) is 0 Å². The highest BCUT2D eigenvalue weighted by Gasteiger charge is 2.44. The molecule has 0 amide bonds. The average Bonchev–Trinajstić information content (AvgIpc) is 3.34. The third-order valence-electron chi connectivity index (χ3n) is 7.23. The molecule has 0 N–H and O–H groups in total. The Kier molecular flexibility index (Phi) is 5.26. The average molecular weight is 472 g/mol. The van der Waals surface area contributed by atoms with Gasteiger partial charge in [-0.05, 0) is 58.2 Å². The van der Waals surface area contributed by atoms with Crippen LogP contribution in [0.1, 0.15) is 0 Å². The van der Waals surface area contributed by atoms with Crippen LogP contribution < -0.4 is 15.1 Å². The first-order valence-electron chi connectivity index (χ1n) is 12.7. The molecule has 7 rings (SSSR count). The molecule has 1 heterocycles. The van der Waals surface area contributed by atoms with E-state index in [0.29, 0.717) is 0 Å². The Bertz CT molecular complexity index is 1680. The lowest BCUT2D eigenvalue weighted by atomic mass is 9.64. The van der Waals surface area contributed by atoms with E-state index in [0.717, 1.165) is 0 Å². The summed E-state index contributed by atoms with van der Waals surface area (Å²) in [4.78, 5) is 4.98. The SMILES string of the molecule is c1ccc(B2N(c3ccccc3)c3cccc(-c4ccc5ccccc5c4)c3N2c2ccccc2)cc1. The predicted octanol–water partition coefficient (Wildman–Crippen LogP) is 8.19. The zero-order chi connectivity index (χ0) is 24.6. The van der Waals surface area contributed by atoms with E-state index in [1.54, 1.807) is 0 Å². The normalized spacial score (nSPS) is 12.7. The highest BCUT2D eigenvalue weighted by Crippen LogP contribution is 2.50. The number of fused-ring (bicyclic) bond motifs is 2. The molecule has 0 saturated heterocycles. The van der Waals surface area contributed by atoms with Crippen LogP contribution in [-0.2, 0) is 0 Å². The Morgan fingerprint density at radius 1 is 0.432 bits per heavy atom. The van der Waals surface area contributed by atoms with Gasteiger partial charge in [0.25, 0.3) is 0 Å². The van der Waals surface area contributed by atoms with E-state index in [9.17, 15) is 0 Å². The van der Waals surface area contributed by atoms with E-state index < -0.39 is 0 Å². The molecule has 1 aliphatic heterocycles. The van der Waals surface area contributed by atoms with Gasteiger partial charge in [-0.1, -0.05) is 115 Å². The molecule has 174 valence electrons. The topological polar surface area (TPSA) is 6.48 Å². The largest absolute Gasteiger partial charge is 0.420 e. The summed E-state index contributed by atoms with van der Waals surface area (Å²) < 4.78 is 0. The summed E-state index contributed by atoms with van der Waals surface area (Å²) >= 11 is 0. The van der Waals surface area contributed by atoms with Gasteiger partial charge in [0, 0.05) is 16.9 Å². The van der Waals surface area contributed by atoms with E-state index in [1.807, 2.05) is 0 Å². The fourth-order valence-corrected chi connectivity index (χ4v) is 5.59. The lowest BCUT2D eigenvalue weighted by molar-refractivity contribution is 1.39. The molecule has 6 aromatic carbocycles. The number of hydrogen-bond acceptors (Lipinski definition) is 2. The third-order valence-corrected chi connectivity index (χ3v) is 7.23.